The monoisotopic (exact) mass is 395 g/mol. The Morgan fingerprint density at radius 1 is 1.03 bits per heavy atom. The van der Waals surface area contributed by atoms with Crippen molar-refractivity contribution < 1.29 is 14.3 Å². The maximum Gasteiger partial charge on any atom is 0.253 e. The second-order valence-electron chi connectivity index (χ2n) is 8.74. The first-order valence-corrected chi connectivity index (χ1v) is 10.3. The molecule has 3 aliphatic heterocycles. The summed E-state index contributed by atoms with van der Waals surface area (Å²) in [4.78, 5) is 19.9. The molecule has 0 saturated carbocycles. The number of likely N-dealkylation sites (tertiary alicyclic amines) is 1. The molecule has 29 heavy (non-hydrogen) atoms. The minimum Gasteiger partial charge on any atom is -0.392 e. The van der Waals surface area contributed by atoms with Gasteiger partial charge in [0.1, 0.15) is 5.82 Å². The van der Waals surface area contributed by atoms with Crippen LogP contribution in [0.1, 0.15) is 22.3 Å². The second-order valence-corrected chi connectivity index (χ2v) is 8.74. The van der Waals surface area contributed by atoms with Gasteiger partial charge < -0.3 is 10.0 Å². The number of benzene rings is 2. The molecule has 2 atom stereocenters. The normalized spacial score (nSPS) is 26.3. The van der Waals surface area contributed by atoms with Crippen LogP contribution in [0.15, 0.2) is 54.6 Å². The lowest BCUT2D eigenvalue weighted by Gasteiger charge is -2.61. The minimum absolute atomic E-state index is 0.0722. The standard InChI is InChI=1S/C23H26FN3O2/c24-19-8-6-17(7-9-19)11-25-14-23(15-25)16-26(12-20-10-21(28)13-27(20)23)22(29)18-4-2-1-3-5-18/h1-9,20-21,28H,10-16H2. The fraction of sp³-hybridized carbons (Fsp3) is 0.435. The quantitative estimate of drug-likeness (QED) is 0.863. The van der Waals surface area contributed by atoms with E-state index in [0.29, 0.717) is 19.6 Å². The van der Waals surface area contributed by atoms with Crippen molar-refractivity contribution in [1.29, 1.82) is 0 Å². The largest absolute Gasteiger partial charge is 0.392 e. The number of aliphatic hydroxyl groups is 1. The molecule has 0 aromatic heterocycles. The average molecular weight is 395 g/mol. The fourth-order valence-corrected chi connectivity index (χ4v) is 5.36. The van der Waals surface area contributed by atoms with E-state index < -0.39 is 0 Å². The molecule has 5 rings (SSSR count). The van der Waals surface area contributed by atoms with Crippen molar-refractivity contribution in [3.63, 3.8) is 0 Å². The van der Waals surface area contributed by atoms with Crippen molar-refractivity contribution >= 4 is 5.91 Å². The Labute approximate surface area is 170 Å². The number of amides is 1. The molecule has 3 heterocycles. The van der Waals surface area contributed by atoms with E-state index in [2.05, 4.69) is 9.80 Å². The van der Waals surface area contributed by atoms with Crippen molar-refractivity contribution in [1.82, 2.24) is 14.7 Å². The van der Waals surface area contributed by atoms with Crippen LogP contribution in [-0.2, 0) is 6.54 Å². The van der Waals surface area contributed by atoms with Gasteiger partial charge in [0.05, 0.1) is 11.6 Å². The molecule has 3 aliphatic rings. The molecular formula is C23H26FN3O2. The Kier molecular flexibility index (Phi) is 4.65. The zero-order valence-electron chi connectivity index (χ0n) is 16.4. The van der Waals surface area contributed by atoms with Gasteiger partial charge in [-0.1, -0.05) is 30.3 Å². The van der Waals surface area contributed by atoms with Gasteiger partial charge in [0, 0.05) is 50.9 Å². The average Bonchev–Trinajstić information content (AvgIpc) is 3.09. The molecule has 0 aliphatic carbocycles. The summed E-state index contributed by atoms with van der Waals surface area (Å²) >= 11 is 0. The molecular weight excluding hydrogens is 369 g/mol. The van der Waals surface area contributed by atoms with Crippen LogP contribution < -0.4 is 0 Å². The summed E-state index contributed by atoms with van der Waals surface area (Å²) in [5, 5.41) is 10.3. The van der Waals surface area contributed by atoms with Gasteiger partial charge in [-0.05, 0) is 36.2 Å². The van der Waals surface area contributed by atoms with Gasteiger partial charge in [0.15, 0.2) is 0 Å². The summed E-state index contributed by atoms with van der Waals surface area (Å²) in [6.45, 7) is 4.52. The number of hydrogen-bond acceptors (Lipinski definition) is 4. The highest BCUT2D eigenvalue weighted by Gasteiger charge is 2.56. The zero-order valence-corrected chi connectivity index (χ0v) is 16.4. The number of carbonyl (C=O) groups is 1. The van der Waals surface area contributed by atoms with Gasteiger partial charge in [-0.15, -0.1) is 0 Å². The Hall–Kier alpha value is -2.28. The molecule has 2 unspecified atom stereocenters. The Balaban J connectivity index is 1.32. The van der Waals surface area contributed by atoms with Gasteiger partial charge in [0.25, 0.3) is 5.91 Å². The summed E-state index contributed by atoms with van der Waals surface area (Å²) in [7, 11) is 0. The van der Waals surface area contributed by atoms with Crippen molar-refractivity contribution in [3.05, 3.63) is 71.5 Å². The maximum atomic E-state index is 13.2. The molecule has 2 aromatic rings. The predicted molar refractivity (Wildman–Crippen MR) is 108 cm³/mol. The van der Waals surface area contributed by atoms with Crippen LogP contribution in [0.4, 0.5) is 4.39 Å². The van der Waals surface area contributed by atoms with Crippen molar-refractivity contribution in [2.45, 2.75) is 30.7 Å². The second kappa shape index (κ2) is 7.20. The molecule has 0 radical (unpaired) electrons. The van der Waals surface area contributed by atoms with Crippen molar-refractivity contribution in [3.8, 4) is 0 Å². The van der Waals surface area contributed by atoms with E-state index in [4.69, 9.17) is 0 Å². The lowest BCUT2D eigenvalue weighted by Crippen LogP contribution is -2.78. The van der Waals surface area contributed by atoms with Crippen LogP contribution >= 0.6 is 0 Å². The Morgan fingerprint density at radius 2 is 1.76 bits per heavy atom. The van der Waals surface area contributed by atoms with Crippen LogP contribution in [0.2, 0.25) is 0 Å². The smallest absolute Gasteiger partial charge is 0.253 e. The highest BCUT2D eigenvalue weighted by Crippen LogP contribution is 2.39. The van der Waals surface area contributed by atoms with Crippen LogP contribution in [0.5, 0.6) is 0 Å². The molecule has 152 valence electrons. The molecule has 1 N–H and O–H groups in total. The number of rotatable bonds is 3. The highest BCUT2D eigenvalue weighted by molar-refractivity contribution is 5.94. The van der Waals surface area contributed by atoms with Crippen molar-refractivity contribution in [2.24, 2.45) is 0 Å². The van der Waals surface area contributed by atoms with E-state index in [1.165, 1.54) is 12.1 Å². The Morgan fingerprint density at radius 3 is 2.48 bits per heavy atom. The summed E-state index contributed by atoms with van der Waals surface area (Å²) in [6.07, 6.45) is 0.396. The van der Waals surface area contributed by atoms with Crippen molar-refractivity contribution in [2.75, 3.05) is 32.7 Å². The van der Waals surface area contributed by atoms with Gasteiger partial charge in [-0.3, -0.25) is 14.6 Å². The van der Waals surface area contributed by atoms with Crippen LogP contribution in [0.25, 0.3) is 0 Å². The number of piperazine rings is 1. The first kappa shape index (κ1) is 18.7. The number of fused-ring (bicyclic) bond motifs is 2. The lowest BCUT2D eigenvalue weighted by atomic mass is 9.83. The molecule has 2 aromatic carbocycles. The van der Waals surface area contributed by atoms with Gasteiger partial charge in [0.2, 0.25) is 0 Å². The van der Waals surface area contributed by atoms with E-state index in [9.17, 15) is 14.3 Å². The number of hydrogen-bond donors (Lipinski definition) is 1. The van der Waals surface area contributed by atoms with E-state index in [-0.39, 0.29) is 29.4 Å². The molecule has 1 amide bonds. The third kappa shape index (κ3) is 3.45. The third-order valence-electron chi connectivity index (χ3n) is 6.58. The van der Waals surface area contributed by atoms with E-state index in [1.54, 1.807) is 0 Å². The van der Waals surface area contributed by atoms with E-state index in [0.717, 1.165) is 37.2 Å². The number of carbonyl (C=O) groups excluding carboxylic acids is 1. The lowest BCUT2D eigenvalue weighted by molar-refractivity contribution is -0.108. The molecule has 5 nitrogen and oxygen atoms in total. The summed E-state index contributed by atoms with van der Waals surface area (Å²) < 4.78 is 13.2. The first-order valence-electron chi connectivity index (χ1n) is 10.3. The zero-order chi connectivity index (χ0) is 20.0. The van der Waals surface area contributed by atoms with Gasteiger partial charge in [-0.25, -0.2) is 4.39 Å². The van der Waals surface area contributed by atoms with Crippen LogP contribution in [0.3, 0.4) is 0 Å². The number of nitrogens with zero attached hydrogens (tertiary/aromatic N) is 3. The summed E-state index contributed by atoms with van der Waals surface area (Å²) in [5.41, 5.74) is 1.70. The third-order valence-corrected chi connectivity index (χ3v) is 6.58. The minimum atomic E-state index is -0.324. The number of halogens is 1. The number of β-amino-alcohol motifs (C(OH)–C–C–N with tert-alkyl or cyclic N) is 1. The number of aliphatic hydroxyl groups excluding tert-OH is 1. The topological polar surface area (TPSA) is 47.0 Å². The van der Waals surface area contributed by atoms with Crippen LogP contribution in [-0.4, -0.2) is 76.1 Å². The van der Waals surface area contributed by atoms with Gasteiger partial charge in [-0.2, -0.15) is 0 Å². The Bertz CT molecular complexity index is 883. The predicted octanol–water partition coefficient (Wildman–Crippen LogP) is 1.97. The molecule has 0 bridgehead atoms. The summed E-state index contributed by atoms with van der Waals surface area (Å²) in [6, 6.07) is 16.3. The molecule has 6 heteroatoms. The maximum absolute atomic E-state index is 13.2. The summed E-state index contributed by atoms with van der Waals surface area (Å²) in [5.74, 6) is -0.145. The first-order chi connectivity index (χ1) is 14.0. The van der Waals surface area contributed by atoms with Crippen LogP contribution in [0, 0.1) is 5.82 Å². The van der Waals surface area contributed by atoms with E-state index >= 15 is 0 Å². The molecule has 3 fully saturated rings. The fourth-order valence-electron chi connectivity index (χ4n) is 5.36. The van der Waals surface area contributed by atoms with E-state index in [1.807, 2.05) is 47.4 Å². The highest BCUT2D eigenvalue weighted by atomic mass is 19.1. The SMILES string of the molecule is O=C(c1ccccc1)N1CC2CC(O)CN2C2(CN(Cc3ccc(F)cc3)C2)C1. The van der Waals surface area contributed by atoms with Gasteiger partial charge >= 0.3 is 0 Å². The molecule has 3 saturated heterocycles. The molecule has 1 spiro atoms.